The number of aromatic amines is 1. The second-order valence-corrected chi connectivity index (χ2v) is 4.70. The first-order valence-corrected chi connectivity index (χ1v) is 6.20. The Labute approximate surface area is 122 Å². The van der Waals surface area contributed by atoms with Gasteiger partial charge in [-0.2, -0.15) is 4.98 Å². The maximum absolute atomic E-state index is 14.9. The summed E-state index contributed by atoms with van der Waals surface area (Å²) in [5.41, 5.74) is -4.68. The molecule has 0 amide bonds. The Bertz CT molecular complexity index is 708. The van der Waals surface area contributed by atoms with Crippen LogP contribution in [0.2, 0.25) is 0 Å². The fourth-order valence-electron chi connectivity index (χ4n) is 2.08. The van der Waals surface area contributed by atoms with Gasteiger partial charge < -0.3 is 14.9 Å². The third-order valence-electron chi connectivity index (χ3n) is 3.10. The molecule has 114 valence electrons. The molecule has 0 aliphatic carbocycles. The first-order chi connectivity index (χ1) is 9.81. The van der Waals surface area contributed by atoms with Crippen molar-refractivity contribution >= 4 is 11.6 Å². The van der Waals surface area contributed by atoms with Crippen LogP contribution in [0.1, 0.15) is 13.2 Å². The number of H-pyrrole nitrogens is 1. The molecule has 21 heavy (non-hydrogen) atoms. The molecular formula is C11H11ClFN3O5. The lowest BCUT2D eigenvalue weighted by Gasteiger charge is -2.23. The summed E-state index contributed by atoms with van der Waals surface area (Å²) in [6.45, 7) is 1.28. The molecule has 0 radical (unpaired) electrons. The lowest BCUT2D eigenvalue weighted by molar-refractivity contribution is -0.0807. The van der Waals surface area contributed by atoms with E-state index in [0.29, 0.717) is 4.57 Å². The summed E-state index contributed by atoms with van der Waals surface area (Å²) < 4.78 is 20.7. The molecule has 2 rings (SSSR count). The second-order valence-electron chi connectivity index (χ2n) is 4.51. The van der Waals surface area contributed by atoms with E-state index in [0.717, 1.165) is 6.33 Å². The van der Waals surface area contributed by atoms with Crippen LogP contribution < -0.4 is 11.4 Å². The molecule has 1 unspecified atom stereocenters. The average Bonchev–Trinajstić information content (AvgIpc) is 2.64. The predicted octanol–water partition coefficient (Wildman–Crippen LogP) is -1.52. The van der Waals surface area contributed by atoms with Gasteiger partial charge in [-0.1, -0.05) is 0 Å². The first-order valence-electron chi connectivity index (χ1n) is 5.82. The SMILES string of the molecule is C[C@@H](O)[C@H]1O[C@@H](n2cnc(=O)[nH]c2=O)C(F)(C#CCl)[C@H]1O. The minimum absolute atomic E-state index is 0.619. The molecule has 8 nitrogen and oxygen atoms in total. The maximum atomic E-state index is 14.9. The highest BCUT2D eigenvalue weighted by atomic mass is 35.5. The fourth-order valence-corrected chi connectivity index (χ4v) is 2.23. The number of aromatic nitrogens is 3. The molecule has 1 aromatic rings. The van der Waals surface area contributed by atoms with Gasteiger partial charge in [0, 0.05) is 5.38 Å². The van der Waals surface area contributed by atoms with Gasteiger partial charge in [-0.25, -0.2) is 14.0 Å². The van der Waals surface area contributed by atoms with Gasteiger partial charge in [0.25, 0.3) is 0 Å². The molecule has 10 heteroatoms. The number of halogens is 2. The molecule has 0 bridgehead atoms. The van der Waals surface area contributed by atoms with Crippen LogP contribution in [-0.2, 0) is 4.74 Å². The zero-order valence-electron chi connectivity index (χ0n) is 10.7. The number of hydrogen-bond acceptors (Lipinski definition) is 6. The summed E-state index contributed by atoms with van der Waals surface area (Å²) in [6.07, 6.45) is -5.39. The summed E-state index contributed by atoms with van der Waals surface area (Å²) in [5.74, 6) is 1.93. The van der Waals surface area contributed by atoms with Crippen LogP contribution in [0.3, 0.4) is 0 Å². The Morgan fingerprint density at radius 2 is 2.33 bits per heavy atom. The van der Waals surface area contributed by atoms with Crippen LogP contribution in [0.25, 0.3) is 0 Å². The summed E-state index contributed by atoms with van der Waals surface area (Å²) >= 11 is 5.19. The molecule has 1 aliphatic rings. The van der Waals surface area contributed by atoms with E-state index in [4.69, 9.17) is 16.3 Å². The smallest absolute Gasteiger partial charge is 0.350 e. The summed E-state index contributed by atoms with van der Waals surface area (Å²) in [5, 5.41) is 21.3. The van der Waals surface area contributed by atoms with E-state index < -0.39 is 41.6 Å². The van der Waals surface area contributed by atoms with Crippen LogP contribution >= 0.6 is 11.6 Å². The third kappa shape index (κ3) is 2.58. The number of alkyl halides is 1. The lowest BCUT2D eigenvalue weighted by atomic mass is 9.95. The third-order valence-corrected chi connectivity index (χ3v) is 3.20. The monoisotopic (exact) mass is 319 g/mol. The summed E-state index contributed by atoms with van der Waals surface area (Å²) in [7, 11) is 0. The van der Waals surface area contributed by atoms with Crippen LogP contribution in [0.15, 0.2) is 15.9 Å². The molecule has 1 aliphatic heterocycles. The van der Waals surface area contributed by atoms with Crippen LogP contribution in [0.4, 0.5) is 4.39 Å². The van der Waals surface area contributed by atoms with Gasteiger partial charge in [0.1, 0.15) is 18.5 Å². The van der Waals surface area contributed by atoms with Crippen molar-refractivity contribution in [2.45, 2.75) is 37.1 Å². The first kappa shape index (κ1) is 15.7. The molecule has 0 aromatic carbocycles. The zero-order valence-corrected chi connectivity index (χ0v) is 11.4. The van der Waals surface area contributed by atoms with Crippen molar-refractivity contribution in [1.29, 1.82) is 0 Å². The number of ether oxygens (including phenoxy) is 1. The van der Waals surface area contributed by atoms with Crippen molar-refractivity contribution in [2.24, 2.45) is 0 Å². The number of nitrogens with zero attached hydrogens (tertiary/aromatic N) is 2. The van der Waals surface area contributed by atoms with Crippen molar-refractivity contribution in [3.05, 3.63) is 27.3 Å². The minimum atomic E-state index is -2.76. The normalized spacial score (nSPS) is 33.3. The molecule has 2 heterocycles. The van der Waals surface area contributed by atoms with Crippen molar-refractivity contribution in [1.82, 2.24) is 14.5 Å². The molecule has 5 atom stereocenters. The number of hydrogen-bond donors (Lipinski definition) is 3. The average molecular weight is 320 g/mol. The highest BCUT2D eigenvalue weighted by Gasteiger charge is 2.59. The summed E-state index contributed by atoms with van der Waals surface area (Å²) in [4.78, 5) is 27.7. The quantitative estimate of drug-likeness (QED) is 0.570. The number of aliphatic hydroxyl groups excluding tert-OH is 2. The predicted molar refractivity (Wildman–Crippen MR) is 68.2 cm³/mol. The van der Waals surface area contributed by atoms with Gasteiger partial charge in [0.2, 0.25) is 5.67 Å². The number of rotatable bonds is 2. The van der Waals surface area contributed by atoms with Crippen LogP contribution in [-0.4, -0.2) is 48.7 Å². The summed E-state index contributed by atoms with van der Waals surface area (Å²) in [6, 6.07) is 0. The van der Waals surface area contributed by atoms with Crippen molar-refractivity contribution < 1.29 is 19.3 Å². The largest absolute Gasteiger partial charge is 0.391 e. The standard InChI is InChI=1S/C11H11ClFN3O5/c1-5(17)6-7(18)11(13,2-3-12)8(21-6)16-4-14-9(19)15-10(16)20/h4-8,17-18H,1H3,(H,15,19,20)/t5-,6-,7+,8-,11?/m1/s1. The Morgan fingerprint density at radius 1 is 1.67 bits per heavy atom. The molecule has 3 N–H and O–H groups in total. The van der Waals surface area contributed by atoms with E-state index in [-0.39, 0.29) is 0 Å². The van der Waals surface area contributed by atoms with Gasteiger partial charge in [0.05, 0.1) is 6.10 Å². The van der Waals surface area contributed by atoms with Gasteiger partial charge in [-0.15, -0.1) is 0 Å². The molecular weight excluding hydrogens is 309 g/mol. The zero-order chi connectivity index (χ0) is 15.8. The molecule has 1 saturated heterocycles. The van der Waals surface area contributed by atoms with Gasteiger partial charge in [-0.05, 0) is 24.4 Å². The molecule has 1 aromatic heterocycles. The van der Waals surface area contributed by atoms with E-state index in [2.05, 4.69) is 4.98 Å². The van der Waals surface area contributed by atoms with Gasteiger partial charge in [-0.3, -0.25) is 9.55 Å². The lowest BCUT2D eigenvalue weighted by Crippen LogP contribution is -2.46. The van der Waals surface area contributed by atoms with E-state index >= 15 is 0 Å². The Hall–Kier alpha value is -1.73. The van der Waals surface area contributed by atoms with Crippen molar-refractivity contribution in [3.8, 4) is 11.3 Å². The maximum Gasteiger partial charge on any atom is 0.350 e. The van der Waals surface area contributed by atoms with Crippen LogP contribution in [0, 0.1) is 11.3 Å². The second kappa shape index (κ2) is 5.57. The Kier molecular flexibility index (Phi) is 4.15. The highest BCUT2D eigenvalue weighted by Crippen LogP contribution is 2.41. The van der Waals surface area contributed by atoms with Crippen LogP contribution in [0.5, 0.6) is 0 Å². The Morgan fingerprint density at radius 3 is 2.86 bits per heavy atom. The Balaban J connectivity index is 2.56. The van der Waals surface area contributed by atoms with Gasteiger partial charge >= 0.3 is 11.4 Å². The van der Waals surface area contributed by atoms with E-state index in [1.54, 1.807) is 5.38 Å². The van der Waals surface area contributed by atoms with E-state index in [1.165, 1.54) is 6.92 Å². The van der Waals surface area contributed by atoms with E-state index in [1.807, 2.05) is 10.9 Å². The van der Waals surface area contributed by atoms with E-state index in [9.17, 15) is 24.2 Å². The number of aliphatic hydroxyl groups is 2. The van der Waals surface area contributed by atoms with Crippen molar-refractivity contribution in [3.63, 3.8) is 0 Å². The number of nitrogens with one attached hydrogen (secondary N) is 1. The van der Waals surface area contributed by atoms with Gasteiger partial charge in [0.15, 0.2) is 6.23 Å². The fraction of sp³-hybridized carbons (Fsp3) is 0.545. The minimum Gasteiger partial charge on any atom is -0.391 e. The van der Waals surface area contributed by atoms with Crippen molar-refractivity contribution in [2.75, 3.05) is 0 Å². The molecule has 0 saturated carbocycles. The molecule has 0 spiro atoms. The highest BCUT2D eigenvalue weighted by molar-refractivity contribution is 6.30. The molecule has 1 fully saturated rings. The topological polar surface area (TPSA) is 117 Å².